The van der Waals surface area contributed by atoms with Gasteiger partial charge in [0.2, 0.25) is 5.91 Å². The molecule has 2 nitrogen and oxygen atoms in total. The van der Waals surface area contributed by atoms with Gasteiger partial charge >= 0.3 is 0 Å². The SMILES string of the molecule is CCc1ccccc1NC(=O)C1[C@H]2CC/C=C\CC[C@@H]12. The van der Waals surface area contributed by atoms with Gasteiger partial charge in [0.15, 0.2) is 0 Å². The Hall–Kier alpha value is -1.57. The molecule has 0 aliphatic heterocycles. The van der Waals surface area contributed by atoms with Crippen LogP contribution in [0.15, 0.2) is 36.4 Å². The lowest BCUT2D eigenvalue weighted by molar-refractivity contribution is -0.117. The van der Waals surface area contributed by atoms with E-state index < -0.39 is 0 Å². The molecule has 3 atom stereocenters. The van der Waals surface area contributed by atoms with Crippen LogP contribution in [0.5, 0.6) is 0 Å². The van der Waals surface area contributed by atoms with Gasteiger partial charge in [0.25, 0.3) is 0 Å². The minimum atomic E-state index is 0.239. The van der Waals surface area contributed by atoms with Crippen molar-refractivity contribution in [1.29, 1.82) is 0 Å². The molecule has 1 unspecified atom stereocenters. The van der Waals surface area contributed by atoms with Crippen LogP contribution in [-0.4, -0.2) is 5.91 Å². The van der Waals surface area contributed by atoms with Gasteiger partial charge in [0, 0.05) is 11.6 Å². The van der Waals surface area contributed by atoms with Crippen LogP contribution < -0.4 is 5.32 Å². The van der Waals surface area contributed by atoms with Crippen LogP contribution in [0.1, 0.15) is 38.2 Å². The average molecular weight is 269 g/mol. The van der Waals surface area contributed by atoms with Gasteiger partial charge in [-0.15, -0.1) is 0 Å². The van der Waals surface area contributed by atoms with E-state index in [1.54, 1.807) is 0 Å². The Kier molecular flexibility index (Phi) is 3.90. The van der Waals surface area contributed by atoms with Gasteiger partial charge in [-0.1, -0.05) is 37.3 Å². The highest BCUT2D eigenvalue weighted by atomic mass is 16.2. The zero-order valence-electron chi connectivity index (χ0n) is 12.1. The normalized spacial score (nSPS) is 29.8. The fourth-order valence-electron chi connectivity index (χ4n) is 3.60. The summed E-state index contributed by atoms with van der Waals surface area (Å²) in [5, 5.41) is 3.16. The van der Waals surface area contributed by atoms with Crippen LogP contribution in [0.4, 0.5) is 5.69 Å². The van der Waals surface area contributed by atoms with E-state index in [1.165, 1.54) is 18.4 Å². The number of carbonyl (C=O) groups is 1. The lowest BCUT2D eigenvalue weighted by Gasteiger charge is -2.09. The molecule has 2 heteroatoms. The summed E-state index contributed by atoms with van der Waals surface area (Å²) < 4.78 is 0. The fraction of sp³-hybridized carbons (Fsp3) is 0.500. The fourth-order valence-corrected chi connectivity index (χ4v) is 3.60. The molecule has 2 aliphatic rings. The number of nitrogens with one attached hydrogen (secondary N) is 1. The maximum Gasteiger partial charge on any atom is 0.228 e. The minimum Gasteiger partial charge on any atom is -0.326 e. The van der Waals surface area contributed by atoms with E-state index in [-0.39, 0.29) is 11.8 Å². The third-order valence-electron chi connectivity index (χ3n) is 4.79. The number of rotatable bonds is 3. The standard InChI is InChI=1S/C18H23NO/c1-2-13-9-7-8-12-16(13)19-18(20)17-14-10-5-3-4-6-11-15(14)17/h3-4,7-9,12,14-15,17H,2,5-6,10-11H2,1H3,(H,19,20)/b4-3-/t14-,15+,17?. The number of carbonyl (C=O) groups excluding carboxylic acids is 1. The van der Waals surface area contributed by atoms with Gasteiger partial charge < -0.3 is 5.32 Å². The predicted octanol–water partition coefficient (Wildman–Crippen LogP) is 4.18. The van der Waals surface area contributed by atoms with Crippen LogP contribution in [0.2, 0.25) is 0 Å². The Bertz CT molecular complexity index is 504. The maximum atomic E-state index is 12.5. The molecule has 1 fully saturated rings. The molecular formula is C18H23NO. The van der Waals surface area contributed by atoms with Crippen molar-refractivity contribution < 1.29 is 4.79 Å². The minimum absolute atomic E-state index is 0.239. The monoisotopic (exact) mass is 269 g/mol. The Morgan fingerprint density at radius 3 is 2.45 bits per heavy atom. The van der Waals surface area contributed by atoms with Gasteiger partial charge in [0.05, 0.1) is 0 Å². The zero-order chi connectivity index (χ0) is 13.9. The van der Waals surface area contributed by atoms with E-state index in [9.17, 15) is 4.79 Å². The van der Waals surface area contributed by atoms with Gasteiger partial charge in [0.1, 0.15) is 0 Å². The number of anilines is 1. The highest BCUT2D eigenvalue weighted by Gasteiger charge is 2.53. The smallest absolute Gasteiger partial charge is 0.228 e. The molecule has 1 aromatic carbocycles. The van der Waals surface area contributed by atoms with Gasteiger partial charge in [-0.25, -0.2) is 0 Å². The maximum absolute atomic E-state index is 12.5. The highest BCUT2D eigenvalue weighted by molar-refractivity contribution is 5.95. The predicted molar refractivity (Wildman–Crippen MR) is 82.5 cm³/mol. The van der Waals surface area contributed by atoms with E-state index in [0.29, 0.717) is 11.8 Å². The number of aryl methyl sites for hydroxylation is 1. The summed E-state index contributed by atoms with van der Waals surface area (Å²) in [6.07, 6.45) is 10.1. The van der Waals surface area contributed by atoms with E-state index in [2.05, 4.69) is 30.5 Å². The van der Waals surface area contributed by atoms with Crippen LogP contribution in [-0.2, 0) is 11.2 Å². The molecule has 106 valence electrons. The molecule has 3 rings (SSSR count). The summed E-state index contributed by atoms with van der Waals surface area (Å²) >= 11 is 0. The Morgan fingerprint density at radius 1 is 1.15 bits per heavy atom. The lowest BCUT2D eigenvalue weighted by atomic mass is 10.1. The van der Waals surface area contributed by atoms with Crippen molar-refractivity contribution in [2.45, 2.75) is 39.0 Å². The van der Waals surface area contributed by atoms with Crippen LogP contribution in [0, 0.1) is 17.8 Å². The molecule has 0 aromatic heterocycles. The van der Waals surface area contributed by atoms with Crippen molar-refractivity contribution in [1.82, 2.24) is 0 Å². The Labute approximate surface area is 121 Å². The summed E-state index contributed by atoms with van der Waals surface area (Å²) in [7, 11) is 0. The van der Waals surface area contributed by atoms with Gasteiger partial charge in [-0.3, -0.25) is 4.79 Å². The van der Waals surface area contributed by atoms with E-state index in [0.717, 1.165) is 24.9 Å². The average Bonchev–Trinajstić information content (AvgIpc) is 3.10. The van der Waals surface area contributed by atoms with Gasteiger partial charge in [-0.2, -0.15) is 0 Å². The first-order valence-electron chi connectivity index (χ1n) is 7.85. The number of benzene rings is 1. The third-order valence-corrected chi connectivity index (χ3v) is 4.79. The van der Waals surface area contributed by atoms with Crippen LogP contribution in [0.25, 0.3) is 0 Å². The van der Waals surface area contributed by atoms with Crippen molar-refractivity contribution >= 4 is 11.6 Å². The number of allylic oxidation sites excluding steroid dienone is 2. The molecule has 2 aliphatic carbocycles. The van der Waals surface area contributed by atoms with Crippen molar-refractivity contribution in [3.05, 3.63) is 42.0 Å². The van der Waals surface area contributed by atoms with Crippen molar-refractivity contribution in [2.24, 2.45) is 17.8 Å². The van der Waals surface area contributed by atoms with Gasteiger partial charge in [-0.05, 0) is 55.6 Å². The molecule has 0 radical (unpaired) electrons. The first-order chi connectivity index (χ1) is 9.81. The summed E-state index contributed by atoms with van der Waals surface area (Å²) in [4.78, 5) is 12.5. The zero-order valence-corrected chi connectivity index (χ0v) is 12.1. The van der Waals surface area contributed by atoms with E-state index in [4.69, 9.17) is 0 Å². The Morgan fingerprint density at radius 2 is 1.80 bits per heavy atom. The van der Waals surface area contributed by atoms with Crippen LogP contribution >= 0.6 is 0 Å². The topological polar surface area (TPSA) is 29.1 Å². The highest BCUT2D eigenvalue weighted by Crippen LogP contribution is 2.53. The quantitative estimate of drug-likeness (QED) is 0.819. The van der Waals surface area contributed by atoms with E-state index >= 15 is 0 Å². The molecular weight excluding hydrogens is 246 g/mol. The molecule has 1 aromatic rings. The first kappa shape index (κ1) is 13.4. The Balaban J connectivity index is 1.66. The molecule has 0 bridgehead atoms. The lowest BCUT2D eigenvalue weighted by Crippen LogP contribution is -2.16. The summed E-state index contributed by atoms with van der Waals surface area (Å²) in [5.41, 5.74) is 2.22. The van der Waals surface area contributed by atoms with Crippen molar-refractivity contribution in [2.75, 3.05) is 5.32 Å². The second-order valence-electron chi connectivity index (χ2n) is 5.98. The molecule has 1 N–H and O–H groups in total. The largest absolute Gasteiger partial charge is 0.326 e. The first-order valence-corrected chi connectivity index (χ1v) is 7.85. The molecule has 1 saturated carbocycles. The molecule has 0 heterocycles. The summed E-state index contributed by atoms with van der Waals surface area (Å²) in [5.74, 6) is 1.73. The third kappa shape index (κ3) is 2.65. The summed E-state index contributed by atoms with van der Waals surface area (Å²) in [6, 6.07) is 8.14. The number of fused-ring (bicyclic) bond motifs is 1. The van der Waals surface area contributed by atoms with Crippen LogP contribution in [0.3, 0.4) is 0 Å². The number of para-hydroxylation sites is 1. The number of hydrogen-bond acceptors (Lipinski definition) is 1. The number of amides is 1. The second kappa shape index (κ2) is 5.82. The molecule has 20 heavy (non-hydrogen) atoms. The summed E-state index contributed by atoms with van der Waals surface area (Å²) in [6.45, 7) is 2.13. The second-order valence-corrected chi connectivity index (χ2v) is 5.98. The van der Waals surface area contributed by atoms with Crippen molar-refractivity contribution in [3.63, 3.8) is 0 Å². The van der Waals surface area contributed by atoms with Crippen molar-refractivity contribution in [3.8, 4) is 0 Å². The molecule has 1 amide bonds. The molecule has 0 saturated heterocycles. The molecule has 0 spiro atoms. The number of hydrogen-bond donors (Lipinski definition) is 1. The van der Waals surface area contributed by atoms with E-state index in [1.807, 2.05) is 18.2 Å².